The molecule has 0 atom stereocenters. The van der Waals surface area contributed by atoms with E-state index < -0.39 is 8.32 Å². The second-order valence-corrected chi connectivity index (χ2v) is 13.0. The Labute approximate surface area is 160 Å². The number of benzene rings is 2. The molecule has 3 rings (SSSR count). The van der Waals surface area contributed by atoms with Crippen LogP contribution in [0, 0.1) is 0 Å². The molecule has 0 spiro atoms. The zero-order valence-electron chi connectivity index (χ0n) is 16.8. The maximum Gasteiger partial charge on any atom is 0.250 e. The van der Waals surface area contributed by atoms with Crippen LogP contribution in [0.3, 0.4) is 0 Å². The van der Waals surface area contributed by atoms with Crippen LogP contribution < -0.4 is 14.6 Å². The molecule has 0 aliphatic heterocycles. The van der Waals surface area contributed by atoms with Crippen LogP contribution in [0.2, 0.25) is 18.1 Å². The van der Waals surface area contributed by atoms with Crippen molar-refractivity contribution in [2.45, 2.75) is 38.9 Å². The molecule has 27 heavy (non-hydrogen) atoms. The summed E-state index contributed by atoms with van der Waals surface area (Å²) in [5.74, 6) is 1.49. The fourth-order valence-electron chi connectivity index (χ4n) is 2.59. The summed E-state index contributed by atoms with van der Waals surface area (Å²) < 4.78 is 17.3. The van der Waals surface area contributed by atoms with Gasteiger partial charge in [-0.25, -0.2) is 0 Å². The molecule has 0 radical (unpaired) electrons. The number of rotatable bonds is 4. The van der Waals surface area contributed by atoms with Crippen molar-refractivity contribution in [2.24, 2.45) is 0 Å². The summed E-state index contributed by atoms with van der Waals surface area (Å²) in [5, 5.41) is 0.645. The van der Waals surface area contributed by atoms with Gasteiger partial charge in [-0.1, -0.05) is 32.9 Å². The highest BCUT2D eigenvalue weighted by atomic mass is 28.4. The number of hydrogen-bond donors (Lipinski definition) is 0. The summed E-state index contributed by atoms with van der Waals surface area (Å²) in [6, 6.07) is 12.8. The van der Waals surface area contributed by atoms with E-state index in [4.69, 9.17) is 13.6 Å². The minimum absolute atomic E-state index is 0.0553. The Morgan fingerprint density at radius 2 is 1.59 bits per heavy atom. The van der Waals surface area contributed by atoms with Gasteiger partial charge in [0.1, 0.15) is 23.3 Å². The van der Waals surface area contributed by atoms with Gasteiger partial charge in [0.15, 0.2) is 5.43 Å². The Morgan fingerprint density at radius 1 is 0.963 bits per heavy atom. The van der Waals surface area contributed by atoms with Gasteiger partial charge >= 0.3 is 0 Å². The predicted octanol–water partition coefficient (Wildman–Crippen LogP) is 5.85. The van der Waals surface area contributed by atoms with E-state index in [1.807, 2.05) is 36.4 Å². The zero-order chi connectivity index (χ0) is 19.8. The van der Waals surface area contributed by atoms with Crippen LogP contribution in [0.1, 0.15) is 20.8 Å². The summed E-state index contributed by atoms with van der Waals surface area (Å²) in [4.78, 5) is 12.9. The van der Waals surface area contributed by atoms with Crippen LogP contribution in [0.15, 0.2) is 57.9 Å². The monoisotopic (exact) mass is 382 g/mol. The van der Waals surface area contributed by atoms with E-state index in [1.165, 1.54) is 6.26 Å². The molecule has 142 valence electrons. The lowest BCUT2D eigenvalue weighted by molar-refractivity contribution is 0.415. The van der Waals surface area contributed by atoms with Gasteiger partial charge < -0.3 is 13.6 Å². The van der Waals surface area contributed by atoms with E-state index >= 15 is 0 Å². The van der Waals surface area contributed by atoms with Crippen molar-refractivity contribution in [3.05, 3.63) is 59.0 Å². The van der Waals surface area contributed by atoms with Crippen LogP contribution in [-0.2, 0) is 0 Å². The van der Waals surface area contributed by atoms with Crippen LogP contribution in [0.25, 0.3) is 22.1 Å². The topological polar surface area (TPSA) is 48.7 Å². The van der Waals surface area contributed by atoms with E-state index in [-0.39, 0.29) is 10.5 Å². The lowest BCUT2D eigenvalue weighted by Crippen LogP contribution is -2.43. The van der Waals surface area contributed by atoms with Gasteiger partial charge in [0.25, 0.3) is 0 Å². The van der Waals surface area contributed by atoms with E-state index in [0.29, 0.717) is 16.5 Å². The van der Waals surface area contributed by atoms with Crippen molar-refractivity contribution in [2.75, 3.05) is 7.11 Å². The summed E-state index contributed by atoms with van der Waals surface area (Å²) in [6.45, 7) is 11.0. The van der Waals surface area contributed by atoms with E-state index in [0.717, 1.165) is 17.1 Å². The van der Waals surface area contributed by atoms with E-state index in [1.54, 1.807) is 13.2 Å². The van der Waals surface area contributed by atoms with Gasteiger partial charge in [0.05, 0.1) is 18.1 Å². The molecule has 1 aromatic heterocycles. The van der Waals surface area contributed by atoms with Crippen molar-refractivity contribution >= 4 is 19.3 Å². The molecule has 0 aliphatic carbocycles. The predicted molar refractivity (Wildman–Crippen MR) is 112 cm³/mol. The second-order valence-electron chi connectivity index (χ2n) is 8.23. The molecule has 0 aliphatic rings. The lowest BCUT2D eigenvalue weighted by Gasteiger charge is -2.36. The van der Waals surface area contributed by atoms with Crippen molar-refractivity contribution in [1.82, 2.24) is 0 Å². The maximum atomic E-state index is 12.9. The minimum atomic E-state index is -1.95. The first-order chi connectivity index (χ1) is 12.6. The molecule has 5 heteroatoms. The van der Waals surface area contributed by atoms with E-state index in [2.05, 4.69) is 33.9 Å². The molecule has 0 bridgehead atoms. The first-order valence-electron chi connectivity index (χ1n) is 9.01. The first-order valence-corrected chi connectivity index (χ1v) is 11.9. The normalized spacial score (nSPS) is 12.2. The van der Waals surface area contributed by atoms with Crippen LogP contribution in [-0.4, -0.2) is 15.4 Å². The largest absolute Gasteiger partial charge is 0.543 e. The summed E-state index contributed by atoms with van der Waals surface area (Å²) in [6.07, 6.45) is 1.52. The average Bonchev–Trinajstić information content (AvgIpc) is 2.61. The fourth-order valence-corrected chi connectivity index (χ4v) is 3.61. The average molecular weight is 383 g/mol. The molecule has 2 aromatic carbocycles. The van der Waals surface area contributed by atoms with Crippen molar-refractivity contribution in [3.63, 3.8) is 0 Å². The smallest absolute Gasteiger partial charge is 0.250 e. The molecule has 0 saturated heterocycles. The summed E-state index contributed by atoms with van der Waals surface area (Å²) >= 11 is 0. The molecule has 4 nitrogen and oxygen atoms in total. The van der Waals surface area contributed by atoms with Gasteiger partial charge in [-0.05, 0) is 48.0 Å². The minimum Gasteiger partial charge on any atom is -0.543 e. The highest BCUT2D eigenvalue weighted by Gasteiger charge is 2.39. The maximum absolute atomic E-state index is 12.9. The SMILES string of the molecule is COc1ccc(-c2coc3cc(O[Si](C)(C)C(C)(C)C)ccc3c2=O)cc1. The Hall–Kier alpha value is -2.53. The van der Waals surface area contributed by atoms with Gasteiger partial charge in [-0.15, -0.1) is 0 Å². The molecular weight excluding hydrogens is 356 g/mol. The molecule has 0 unspecified atom stereocenters. The third-order valence-electron chi connectivity index (χ3n) is 5.33. The highest BCUT2D eigenvalue weighted by molar-refractivity contribution is 6.74. The van der Waals surface area contributed by atoms with Crippen LogP contribution in [0.5, 0.6) is 11.5 Å². The second kappa shape index (κ2) is 6.89. The van der Waals surface area contributed by atoms with Crippen molar-refractivity contribution in [1.29, 1.82) is 0 Å². The number of ether oxygens (including phenoxy) is 1. The fraction of sp³-hybridized carbons (Fsp3) is 0.318. The molecule has 0 saturated carbocycles. The van der Waals surface area contributed by atoms with E-state index in [9.17, 15) is 4.79 Å². The molecular formula is C22H26O4Si. The highest BCUT2D eigenvalue weighted by Crippen LogP contribution is 2.37. The van der Waals surface area contributed by atoms with Crippen LogP contribution >= 0.6 is 0 Å². The molecule has 0 N–H and O–H groups in total. The number of hydrogen-bond acceptors (Lipinski definition) is 4. The Morgan fingerprint density at radius 3 is 2.19 bits per heavy atom. The van der Waals surface area contributed by atoms with Crippen molar-refractivity contribution in [3.8, 4) is 22.6 Å². The zero-order valence-corrected chi connectivity index (χ0v) is 17.8. The standard InChI is InChI=1S/C22H26O4Si/c1-22(2,3)27(5,6)26-17-11-12-18-20(13-17)25-14-19(21(18)23)15-7-9-16(24-4)10-8-15/h7-14H,1-6H3. The Balaban J connectivity index is 1.99. The van der Waals surface area contributed by atoms with Gasteiger partial charge in [0, 0.05) is 6.07 Å². The Bertz CT molecular complexity index is 1010. The number of fused-ring (bicyclic) bond motifs is 1. The Kier molecular flexibility index (Phi) is 4.91. The van der Waals surface area contributed by atoms with Gasteiger partial charge in [-0.2, -0.15) is 0 Å². The first kappa shape index (κ1) is 19.2. The third-order valence-corrected chi connectivity index (χ3v) is 9.68. The third kappa shape index (κ3) is 3.78. The number of methoxy groups -OCH3 is 1. The van der Waals surface area contributed by atoms with Gasteiger partial charge in [0.2, 0.25) is 8.32 Å². The quantitative estimate of drug-likeness (QED) is 0.531. The molecule has 0 fully saturated rings. The van der Waals surface area contributed by atoms with Crippen molar-refractivity contribution < 1.29 is 13.6 Å². The van der Waals surface area contributed by atoms with Crippen LogP contribution in [0.4, 0.5) is 0 Å². The van der Waals surface area contributed by atoms with Gasteiger partial charge in [-0.3, -0.25) is 4.79 Å². The summed E-state index contributed by atoms with van der Waals surface area (Å²) in [5.41, 5.74) is 1.81. The summed E-state index contributed by atoms with van der Waals surface area (Å²) in [7, 11) is -0.337. The molecule has 1 heterocycles. The lowest BCUT2D eigenvalue weighted by atomic mass is 10.1. The molecule has 0 amide bonds. The molecule has 3 aromatic rings.